The van der Waals surface area contributed by atoms with Crippen molar-refractivity contribution in [2.75, 3.05) is 33.4 Å². The van der Waals surface area contributed by atoms with Crippen molar-refractivity contribution in [3.8, 4) is 0 Å². The number of hydrogen-bond donors (Lipinski definition) is 1. The van der Waals surface area contributed by atoms with Gasteiger partial charge in [0.05, 0.1) is 6.61 Å². The predicted molar refractivity (Wildman–Crippen MR) is 102 cm³/mol. The van der Waals surface area contributed by atoms with E-state index in [4.69, 9.17) is 4.74 Å². The molecular weight excluding hydrogens is 332 g/mol. The first-order valence-electron chi connectivity index (χ1n) is 8.88. The van der Waals surface area contributed by atoms with Crippen LogP contribution in [0.2, 0.25) is 0 Å². The molecule has 4 nitrogen and oxygen atoms in total. The lowest BCUT2D eigenvalue weighted by molar-refractivity contribution is 0.0680. The van der Waals surface area contributed by atoms with Crippen molar-refractivity contribution >= 4 is 17.2 Å². The summed E-state index contributed by atoms with van der Waals surface area (Å²) in [5, 5.41) is 7.58. The van der Waals surface area contributed by atoms with Crippen LogP contribution in [0, 0.1) is 0 Å². The summed E-state index contributed by atoms with van der Waals surface area (Å²) in [6.45, 7) is 3.91. The van der Waals surface area contributed by atoms with Crippen LogP contribution in [-0.2, 0) is 11.3 Å². The number of hydrogen-bond acceptors (Lipinski definition) is 4. The lowest BCUT2D eigenvalue weighted by Crippen LogP contribution is -2.33. The highest BCUT2D eigenvalue weighted by molar-refractivity contribution is 7.07. The Labute approximate surface area is 153 Å². The van der Waals surface area contributed by atoms with Gasteiger partial charge in [-0.2, -0.15) is 11.3 Å². The van der Waals surface area contributed by atoms with Crippen LogP contribution in [0.25, 0.3) is 0 Å². The second kappa shape index (κ2) is 9.13. The lowest BCUT2D eigenvalue weighted by Gasteiger charge is -2.24. The summed E-state index contributed by atoms with van der Waals surface area (Å²) in [5.41, 5.74) is 3.24. The summed E-state index contributed by atoms with van der Waals surface area (Å²) in [4.78, 5) is 14.8. The van der Waals surface area contributed by atoms with Gasteiger partial charge in [-0.25, -0.2) is 0 Å². The quantitative estimate of drug-likeness (QED) is 0.824. The van der Waals surface area contributed by atoms with Crippen LogP contribution in [0.1, 0.15) is 40.2 Å². The van der Waals surface area contributed by atoms with E-state index < -0.39 is 0 Å². The average Bonchev–Trinajstić information content (AvgIpc) is 3.18. The standard InChI is InChI=1S/C20H26N2O2S/c1-24-11-10-22(14-16-8-12-25-15-16)20(23)18-6-4-17(5-7-18)19-3-2-9-21-13-19/h4-8,12,15,19,21H,2-3,9-11,13-14H2,1H3. The number of piperidine rings is 1. The molecule has 1 fully saturated rings. The molecule has 1 saturated heterocycles. The SMILES string of the molecule is COCCN(Cc1ccsc1)C(=O)c1ccc(C2CCCNC2)cc1. The Hall–Kier alpha value is -1.69. The minimum absolute atomic E-state index is 0.0663. The molecule has 0 spiro atoms. The Morgan fingerprint density at radius 2 is 2.16 bits per heavy atom. The highest BCUT2D eigenvalue weighted by Crippen LogP contribution is 2.24. The van der Waals surface area contributed by atoms with Crippen molar-refractivity contribution in [3.05, 3.63) is 57.8 Å². The number of carbonyl (C=O) groups excluding carboxylic acids is 1. The molecule has 0 saturated carbocycles. The van der Waals surface area contributed by atoms with Gasteiger partial charge in [-0.05, 0) is 65.4 Å². The van der Waals surface area contributed by atoms with Gasteiger partial charge in [0.2, 0.25) is 0 Å². The molecule has 5 heteroatoms. The van der Waals surface area contributed by atoms with Crippen LogP contribution in [0.5, 0.6) is 0 Å². The topological polar surface area (TPSA) is 41.6 Å². The van der Waals surface area contributed by atoms with Crippen molar-refractivity contribution in [2.45, 2.75) is 25.3 Å². The Morgan fingerprint density at radius 1 is 1.32 bits per heavy atom. The van der Waals surface area contributed by atoms with Gasteiger partial charge in [0.15, 0.2) is 0 Å². The van der Waals surface area contributed by atoms with Gasteiger partial charge in [0.1, 0.15) is 0 Å². The first kappa shape index (κ1) is 18.1. The molecule has 0 bridgehead atoms. The fourth-order valence-electron chi connectivity index (χ4n) is 3.27. The van der Waals surface area contributed by atoms with E-state index in [1.807, 2.05) is 22.4 Å². The van der Waals surface area contributed by atoms with Crippen molar-refractivity contribution in [1.29, 1.82) is 0 Å². The normalized spacial score (nSPS) is 17.4. The zero-order valence-corrected chi connectivity index (χ0v) is 15.6. The van der Waals surface area contributed by atoms with E-state index in [2.05, 4.69) is 28.9 Å². The third-order valence-electron chi connectivity index (χ3n) is 4.73. The van der Waals surface area contributed by atoms with E-state index in [1.165, 1.54) is 24.0 Å². The third-order valence-corrected chi connectivity index (χ3v) is 5.46. The number of thiophene rings is 1. The molecule has 1 atom stereocenters. The number of rotatable bonds is 7. The summed E-state index contributed by atoms with van der Waals surface area (Å²) in [6, 6.07) is 10.2. The molecular formula is C20H26N2O2S. The van der Waals surface area contributed by atoms with Crippen molar-refractivity contribution in [1.82, 2.24) is 10.2 Å². The molecule has 1 aromatic carbocycles. The summed E-state index contributed by atoms with van der Waals surface area (Å²) in [6.07, 6.45) is 2.44. The lowest BCUT2D eigenvalue weighted by atomic mass is 9.91. The van der Waals surface area contributed by atoms with E-state index >= 15 is 0 Å². The van der Waals surface area contributed by atoms with Gasteiger partial charge in [-0.3, -0.25) is 4.79 Å². The van der Waals surface area contributed by atoms with Gasteiger partial charge in [-0.15, -0.1) is 0 Å². The molecule has 134 valence electrons. The maximum atomic E-state index is 12.9. The highest BCUT2D eigenvalue weighted by Gasteiger charge is 2.18. The summed E-state index contributed by atoms with van der Waals surface area (Å²) >= 11 is 1.66. The maximum Gasteiger partial charge on any atom is 0.254 e. The summed E-state index contributed by atoms with van der Waals surface area (Å²) < 4.78 is 5.18. The fraction of sp³-hybridized carbons (Fsp3) is 0.450. The van der Waals surface area contributed by atoms with Crippen molar-refractivity contribution < 1.29 is 9.53 Å². The first-order chi connectivity index (χ1) is 12.3. The van der Waals surface area contributed by atoms with Gasteiger partial charge in [0, 0.05) is 32.3 Å². The Bertz CT molecular complexity index is 649. The number of amides is 1. The van der Waals surface area contributed by atoms with Crippen LogP contribution in [0.3, 0.4) is 0 Å². The van der Waals surface area contributed by atoms with Crippen molar-refractivity contribution in [3.63, 3.8) is 0 Å². The van der Waals surface area contributed by atoms with Crippen molar-refractivity contribution in [2.24, 2.45) is 0 Å². The van der Waals surface area contributed by atoms with Gasteiger partial charge >= 0.3 is 0 Å². The second-order valence-corrected chi connectivity index (χ2v) is 7.30. The average molecular weight is 359 g/mol. The largest absolute Gasteiger partial charge is 0.383 e. The van der Waals surface area contributed by atoms with Crippen LogP contribution in [0.15, 0.2) is 41.1 Å². The smallest absolute Gasteiger partial charge is 0.254 e. The van der Waals surface area contributed by atoms with Crippen LogP contribution in [0.4, 0.5) is 0 Å². The van der Waals surface area contributed by atoms with E-state index in [1.54, 1.807) is 18.4 Å². The number of ether oxygens (including phenoxy) is 1. The second-order valence-electron chi connectivity index (χ2n) is 6.52. The monoisotopic (exact) mass is 358 g/mol. The summed E-state index contributed by atoms with van der Waals surface area (Å²) in [7, 11) is 1.67. The molecule has 25 heavy (non-hydrogen) atoms. The Morgan fingerprint density at radius 3 is 2.80 bits per heavy atom. The fourth-order valence-corrected chi connectivity index (χ4v) is 3.93. The van der Waals surface area contributed by atoms with E-state index in [0.717, 1.165) is 18.7 Å². The number of nitrogens with zero attached hydrogens (tertiary/aromatic N) is 1. The predicted octanol–water partition coefficient (Wildman–Crippen LogP) is 3.50. The molecule has 0 aliphatic carbocycles. The molecule has 2 heterocycles. The molecule has 1 N–H and O–H groups in total. The summed E-state index contributed by atoms with van der Waals surface area (Å²) in [5.74, 6) is 0.630. The molecule has 1 unspecified atom stereocenters. The van der Waals surface area contributed by atoms with Crippen LogP contribution < -0.4 is 5.32 Å². The van der Waals surface area contributed by atoms with Crippen LogP contribution in [-0.4, -0.2) is 44.2 Å². The molecule has 1 aliphatic heterocycles. The molecule has 2 aromatic rings. The number of carbonyl (C=O) groups is 1. The minimum Gasteiger partial charge on any atom is -0.383 e. The molecule has 0 radical (unpaired) electrons. The molecule has 3 rings (SSSR count). The van der Waals surface area contributed by atoms with Gasteiger partial charge < -0.3 is 15.0 Å². The number of methoxy groups -OCH3 is 1. The zero-order chi connectivity index (χ0) is 17.5. The van der Waals surface area contributed by atoms with Crippen LogP contribution >= 0.6 is 11.3 Å². The minimum atomic E-state index is 0.0663. The third kappa shape index (κ3) is 4.91. The van der Waals surface area contributed by atoms with E-state index in [9.17, 15) is 4.79 Å². The van der Waals surface area contributed by atoms with E-state index in [0.29, 0.717) is 25.6 Å². The molecule has 1 aliphatic rings. The van der Waals surface area contributed by atoms with Gasteiger partial charge in [-0.1, -0.05) is 12.1 Å². The molecule has 1 amide bonds. The highest BCUT2D eigenvalue weighted by atomic mass is 32.1. The van der Waals surface area contributed by atoms with Gasteiger partial charge in [0.25, 0.3) is 5.91 Å². The number of benzene rings is 1. The Balaban J connectivity index is 1.69. The first-order valence-corrected chi connectivity index (χ1v) is 9.82. The van der Waals surface area contributed by atoms with E-state index in [-0.39, 0.29) is 5.91 Å². The Kier molecular flexibility index (Phi) is 6.62. The number of nitrogens with one attached hydrogen (secondary N) is 1. The zero-order valence-electron chi connectivity index (χ0n) is 14.7. The molecule has 1 aromatic heterocycles. The maximum absolute atomic E-state index is 12.9.